The van der Waals surface area contributed by atoms with Crippen LogP contribution in [0.15, 0.2) is 35.5 Å². The van der Waals surface area contributed by atoms with Crippen molar-refractivity contribution >= 4 is 23.8 Å². The molecule has 3 fully saturated rings. The van der Waals surface area contributed by atoms with E-state index in [0.717, 1.165) is 44.9 Å². The van der Waals surface area contributed by atoms with Crippen LogP contribution in [0.5, 0.6) is 0 Å². The predicted octanol–water partition coefficient (Wildman–Crippen LogP) is 5.52. The largest absolute Gasteiger partial charge is 0.455 e. The second kappa shape index (κ2) is 20.0. The summed E-state index contributed by atoms with van der Waals surface area (Å²) in [5.41, 5.74) is -5.73. The van der Waals surface area contributed by atoms with Crippen LogP contribution in [0.1, 0.15) is 139 Å². The van der Waals surface area contributed by atoms with Gasteiger partial charge in [-0.2, -0.15) is 0 Å². The summed E-state index contributed by atoms with van der Waals surface area (Å²) >= 11 is 0. The fourth-order valence-electron chi connectivity index (χ4n) is 10.4. The highest BCUT2D eigenvalue weighted by atomic mass is 16.6. The average Bonchev–Trinajstić information content (AvgIpc) is 3.15. The predicted molar refractivity (Wildman–Crippen MR) is 219 cm³/mol. The number of Topliss-reactive ketones (excluding diaryl/α,β-unsaturated/α-hetero) is 1. The van der Waals surface area contributed by atoms with Gasteiger partial charge in [-0.15, -0.1) is 0 Å². The van der Waals surface area contributed by atoms with Gasteiger partial charge in [0, 0.05) is 37.6 Å². The highest BCUT2D eigenvalue weighted by Gasteiger charge is 2.74. The molecule has 11 atom stereocenters. The van der Waals surface area contributed by atoms with Crippen molar-refractivity contribution in [3.63, 3.8) is 0 Å². The maximum Gasteiger partial charge on any atom is 0.408 e. The highest BCUT2D eigenvalue weighted by molar-refractivity contribution is 5.93. The number of carbonyl (C=O) groups is 4. The van der Waals surface area contributed by atoms with Gasteiger partial charge in [-0.05, 0) is 76.4 Å². The van der Waals surface area contributed by atoms with Crippen molar-refractivity contribution in [2.24, 2.45) is 22.7 Å². The normalized spacial score (nSPS) is 34.0. The molecule has 1 aliphatic heterocycles. The molecule has 13 heteroatoms. The Balaban J connectivity index is 1.39. The Kier molecular flexibility index (Phi) is 16.4. The van der Waals surface area contributed by atoms with E-state index in [1.165, 1.54) is 40.0 Å². The average molecular weight is 817 g/mol. The molecule has 1 heterocycles. The van der Waals surface area contributed by atoms with Gasteiger partial charge in [-0.3, -0.25) is 9.59 Å². The summed E-state index contributed by atoms with van der Waals surface area (Å²) in [6.45, 7) is 13.5. The second-order valence-electron chi connectivity index (χ2n) is 18.1. The summed E-state index contributed by atoms with van der Waals surface area (Å²) in [7, 11) is 0. The molecule has 13 nitrogen and oxygen atoms in total. The molecule has 0 aromatic rings. The molecule has 4 aliphatic rings. The van der Waals surface area contributed by atoms with Crippen LogP contribution in [-0.2, 0) is 28.6 Å². The SMILES string of the molecule is CCCCC/C=C\C/C=C\CCCCCCCNC(=O)O[C@@H](C(=O)O[C@H]1C[C@@]2(O)[C@@H](C)[C@@H]3[C@]4(O)CO[C@@H]4C[C@H](O)[C@@]3(C)C(=O)[C@H](O)C(=C1C)C2(C)C)[C@H](C)NC(C)=O. The number of hydrogen-bond donors (Lipinski definition) is 6. The zero-order valence-electron chi connectivity index (χ0n) is 36.2. The van der Waals surface area contributed by atoms with Gasteiger partial charge in [-0.1, -0.05) is 84.1 Å². The molecule has 2 saturated carbocycles. The highest BCUT2D eigenvalue weighted by Crippen LogP contribution is 2.64. The van der Waals surface area contributed by atoms with E-state index in [-0.39, 0.29) is 25.0 Å². The minimum atomic E-state index is -1.80. The first kappa shape index (κ1) is 47.6. The number of carbonyl (C=O) groups excluding carboxylic acids is 4. The van der Waals surface area contributed by atoms with Crippen LogP contribution in [0.2, 0.25) is 0 Å². The number of ketones is 1. The van der Waals surface area contributed by atoms with Gasteiger partial charge < -0.3 is 45.3 Å². The van der Waals surface area contributed by atoms with E-state index in [0.29, 0.717) is 18.5 Å². The Hall–Kier alpha value is -3.10. The van der Waals surface area contributed by atoms with Crippen molar-refractivity contribution in [1.29, 1.82) is 0 Å². The molecule has 1 saturated heterocycles. The van der Waals surface area contributed by atoms with Crippen LogP contribution in [0.4, 0.5) is 4.79 Å². The first-order valence-electron chi connectivity index (χ1n) is 21.7. The van der Waals surface area contributed by atoms with Crippen molar-refractivity contribution in [3.05, 3.63) is 35.5 Å². The van der Waals surface area contributed by atoms with E-state index in [9.17, 15) is 39.6 Å². The Labute approximate surface area is 345 Å². The number of esters is 1. The number of rotatable bonds is 19. The number of ether oxygens (including phenoxy) is 3. The summed E-state index contributed by atoms with van der Waals surface area (Å²) in [6, 6.07) is -0.992. The lowest BCUT2D eigenvalue weighted by atomic mass is 9.43. The van der Waals surface area contributed by atoms with Gasteiger partial charge in [0.2, 0.25) is 12.0 Å². The molecule has 0 aromatic carbocycles. The smallest absolute Gasteiger partial charge is 0.408 e. The fraction of sp³-hybridized carbons (Fsp3) is 0.778. The maximum atomic E-state index is 14.4. The quantitative estimate of drug-likeness (QED) is 0.0545. The standard InChI is InChI=1S/C45H72N2O11/c1-9-10-11-12-13-14-15-16-17-18-19-20-21-22-23-24-46-41(53)58-37(30(4)47-31(5)48)40(52)57-32-26-45(55)29(3)38-43(8,33(49)25-34-44(38,54)27-56-34)39(51)36(50)35(28(32)2)42(45,6)7/h13-14,16-17,29-30,32-34,36-38,49-50,54-55H,9-12,15,18-27H2,1-8H3,(H,46,53)(H,47,48)/b14-13-,17-16-/t29-,30-,32-,33-,34+,36+,37+,38-,43+,44-,45+/m0/s1. The number of fused-ring (bicyclic) bond motifs is 5. The number of alkyl carbamates (subject to hydrolysis) is 1. The van der Waals surface area contributed by atoms with Crippen molar-refractivity contribution in [3.8, 4) is 0 Å². The van der Waals surface area contributed by atoms with Crippen LogP contribution >= 0.6 is 0 Å². The number of amides is 2. The molecule has 4 rings (SSSR count). The molecule has 3 aliphatic carbocycles. The van der Waals surface area contributed by atoms with E-state index in [4.69, 9.17) is 14.2 Å². The van der Waals surface area contributed by atoms with Crippen molar-refractivity contribution in [2.45, 2.75) is 187 Å². The molecule has 2 amide bonds. The summed E-state index contributed by atoms with van der Waals surface area (Å²) < 4.78 is 17.2. The van der Waals surface area contributed by atoms with Crippen molar-refractivity contribution < 1.29 is 53.8 Å². The number of unbranched alkanes of at least 4 members (excludes halogenated alkanes) is 8. The van der Waals surface area contributed by atoms with Crippen LogP contribution < -0.4 is 10.6 Å². The number of hydrogen-bond acceptors (Lipinski definition) is 11. The summed E-state index contributed by atoms with van der Waals surface area (Å²) in [5, 5.41) is 53.3. The molecule has 0 spiro atoms. The lowest BCUT2D eigenvalue weighted by molar-refractivity contribution is -0.335. The zero-order chi connectivity index (χ0) is 43.1. The van der Waals surface area contributed by atoms with Gasteiger partial charge in [0.1, 0.15) is 17.8 Å². The summed E-state index contributed by atoms with van der Waals surface area (Å²) in [6.07, 6.45) is 13.0. The molecule has 6 N–H and O–H groups in total. The lowest BCUT2D eigenvalue weighted by Crippen LogP contribution is -2.78. The molecule has 0 aromatic heterocycles. The third-order valence-corrected chi connectivity index (χ3v) is 13.9. The molecular weight excluding hydrogens is 744 g/mol. The van der Waals surface area contributed by atoms with Crippen molar-refractivity contribution in [2.75, 3.05) is 13.2 Å². The van der Waals surface area contributed by atoms with Crippen molar-refractivity contribution in [1.82, 2.24) is 10.6 Å². The van der Waals surface area contributed by atoms with Crippen LogP contribution in [0.25, 0.3) is 0 Å². The van der Waals surface area contributed by atoms with E-state index in [1.807, 2.05) is 0 Å². The van der Waals surface area contributed by atoms with Gasteiger partial charge in [0.05, 0.1) is 35.9 Å². The third-order valence-electron chi connectivity index (χ3n) is 13.9. The Morgan fingerprint density at radius 2 is 1.59 bits per heavy atom. The molecule has 58 heavy (non-hydrogen) atoms. The second-order valence-corrected chi connectivity index (χ2v) is 18.1. The number of aliphatic hydroxyl groups excluding tert-OH is 2. The molecule has 2 bridgehead atoms. The molecule has 0 unspecified atom stereocenters. The number of aliphatic hydroxyl groups is 4. The first-order valence-corrected chi connectivity index (χ1v) is 21.7. The third kappa shape index (κ3) is 9.75. The number of nitrogens with one attached hydrogen (secondary N) is 2. The molecule has 328 valence electrons. The monoisotopic (exact) mass is 817 g/mol. The van der Waals surface area contributed by atoms with Crippen LogP contribution in [0.3, 0.4) is 0 Å². The molecule has 0 radical (unpaired) electrons. The minimum Gasteiger partial charge on any atom is -0.455 e. The van der Waals surface area contributed by atoms with Gasteiger partial charge in [0.25, 0.3) is 0 Å². The Morgan fingerprint density at radius 3 is 2.19 bits per heavy atom. The fourth-order valence-corrected chi connectivity index (χ4v) is 10.4. The van der Waals surface area contributed by atoms with Gasteiger partial charge in [-0.25, -0.2) is 9.59 Å². The summed E-state index contributed by atoms with van der Waals surface area (Å²) in [4.78, 5) is 53.4. The topological polar surface area (TPSA) is 201 Å². The van der Waals surface area contributed by atoms with Gasteiger partial charge in [0.15, 0.2) is 5.78 Å². The van der Waals surface area contributed by atoms with E-state index in [2.05, 4.69) is 41.9 Å². The van der Waals surface area contributed by atoms with Crippen LogP contribution in [0, 0.1) is 22.7 Å². The zero-order valence-corrected chi connectivity index (χ0v) is 36.2. The Morgan fingerprint density at radius 1 is 0.966 bits per heavy atom. The maximum absolute atomic E-state index is 14.4. The minimum absolute atomic E-state index is 0.00779. The van der Waals surface area contributed by atoms with E-state index < -0.39 is 94.2 Å². The molecular formula is C45H72N2O11. The van der Waals surface area contributed by atoms with E-state index in [1.54, 1.807) is 27.7 Å². The van der Waals surface area contributed by atoms with E-state index >= 15 is 0 Å². The van der Waals surface area contributed by atoms with Crippen LogP contribution in [-0.4, -0.2) is 105 Å². The lowest BCUT2D eigenvalue weighted by Gasteiger charge is -2.67. The Bertz CT molecular complexity index is 1560. The summed E-state index contributed by atoms with van der Waals surface area (Å²) in [5.74, 6) is -4.05. The number of allylic oxidation sites excluding steroid dienone is 4. The first-order chi connectivity index (χ1) is 27.3. The van der Waals surface area contributed by atoms with Gasteiger partial charge >= 0.3 is 12.1 Å².